The fourth-order valence-electron chi connectivity index (χ4n) is 3.50. The number of carbonyl (C=O) groups is 2. The van der Waals surface area contributed by atoms with E-state index in [1.54, 1.807) is 12.1 Å². The Morgan fingerprint density at radius 1 is 1.21 bits per heavy atom. The van der Waals surface area contributed by atoms with Crippen LogP contribution in [0.1, 0.15) is 37.7 Å². The highest BCUT2D eigenvalue weighted by Crippen LogP contribution is 2.23. The summed E-state index contributed by atoms with van der Waals surface area (Å²) in [6.07, 6.45) is 5.56. The minimum Gasteiger partial charge on any atom is -0.353 e. The molecule has 1 aromatic carbocycles. The van der Waals surface area contributed by atoms with E-state index < -0.39 is 22.0 Å². The maximum Gasteiger partial charge on any atom is 0.264 e. The van der Waals surface area contributed by atoms with Gasteiger partial charge < -0.3 is 16.4 Å². The van der Waals surface area contributed by atoms with E-state index in [0.29, 0.717) is 0 Å². The highest BCUT2D eigenvalue weighted by atomic mass is 32.2. The molecular weight excluding hydrogens is 380 g/mol. The molecule has 152 valence electrons. The molecule has 1 fully saturated rings. The Hall–Kier alpha value is -2.39. The lowest BCUT2D eigenvalue weighted by Crippen LogP contribution is -2.52. The van der Waals surface area contributed by atoms with Gasteiger partial charge >= 0.3 is 0 Å². The molecule has 9 heteroatoms. The molecule has 1 aliphatic heterocycles. The zero-order chi connectivity index (χ0) is 20.3. The number of aryl methyl sites for hydroxylation is 1. The first-order valence-electron chi connectivity index (χ1n) is 9.39. The molecule has 0 bridgehead atoms. The number of rotatable bonds is 5. The van der Waals surface area contributed by atoms with Crippen molar-refractivity contribution in [3.63, 3.8) is 0 Å². The van der Waals surface area contributed by atoms with Crippen LogP contribution < -0.4 is 16.4 Å². The van der Waals surface area contributed by atoms with Crippen molar-refractivity contribution in [2.75, 3.05) is 0 Å². The Morgan fingerprint density at radius 2 is 1.86 bits per heavy atom. The molecule has 8 nitrogen and oxygen atoms in total. The second kappa shape index (κ2) is 8.32. The van der Waals surface area contributed by atoms with Gasteiger partial charge in [0.1, 0.15) is 6.04 Å². The average Bonchev–Trinajstić information content (AvgIpc) is 2.65. The van der Waals surface area contributed by atoms with E-state index >= 15 is 0 Å². The molecule has 2 amide bonds. The van der Waals surface area contributed by atoms with Crippen LogP contribution in [0, 0.1) is 6.92 Å². The van der Waals surface area contributed by atoms with Crippen molar-refractivity contribution in [1.82, 2.24) is 14.9 Å². The Bertz CT molecular complexity index is 858. The van der Waals surface area contributed by atoms with Gasteiger partial charge in [-0.1, -0.05) is 17.7 Å². The summed E-state index contributed by atoms with van der Waals surface area (Å²) in [4.78, 5) is 24.9. The van der Waals surface area contributed by atoms with E-state index in [2.05, 4.69) is 10.6 Å². The molecule has 3 rings (SSSR count). The molecule has 0 unspecified atom stereocenters. The van der Waals surface area contributed by atoms with E-state index in [-0.39, 0.29) is 29.3 Å². The first-order valence-corrected chi connectivity index (χ1v) is 10.8. The monoisotopic (exact) mass is 406 g/mol. The van der Waals surface area contributed by atoms with Crippen LogP contribution >= 0.6 is 0 Å². The number of benzene rings is 1. The number of carbonyl (C=O) groups excluding carboxylic acids is 2. The lowest BCUT2D eigenvalue weighted by Gasteiger charge is -2.32. The third-order valence-electron chi connectivity index (χ3n) is 5.17. The summed E-state index contributed by atoms with van der Waals surface area (Å²) >= 11 is 0. The van der Waals surface area contributed by atoms with Gasteiger partial charge in [0.25, 0.3) is 10.0 Å². The van der Waals surface area contributed by atoms with Crippen LogP contribution in [0.3, 0.4) is 0 Å². The van der Waals surface area contributed by atoms with Crippen molar-refractivity contribution < 1.29 is 18.0 Å². The van der Waals surface area contributed by atoms with E-state index in [4.69, 9.17) is 5.73 Å². The summed E-state index contributed by atoms with van der Waals surface area (Å²) in [5, 5.41) is 5.39. The van der Waals surface area contributed by atoms with E-state index in [1.165, 1.54) is 24.5 Å². The van der Waals surface area contributed by atoms with Gasteiger partial charge in [-0.3, -0.25) is 13.9 Å². The second-order valence-corrected chi connectivity index (χ2v) is 9.21. The standard InChI is InChI=1S/C19H26N4O4S/c1-13-2-8-16(9-3-13)28(26,27)23-11-10-21-19(25)17(23)12-18(24)22-15-6-4-14(20)5-7-15/h2-3,8-11,14-15,17H,4-7,12,20H2,1H3,(H,21,25)(H,22,24)/t14?,15?,17-/m1/s1. The van der Waals surface area contributed by atoms with Crippen LogP contribution in [0.25, 0.3) is 0 Å². The van der Waals surface area contributed by atoms with Crippen molar-refractivity contribution >= 4 is 21.8 Å². The van der Waals surface area contributed by atoms with Crippen molar-refractivity contribution in [1.29, 1.82) is 0 Å². The SMILES string of the molecule is Cc1ccc(S(=O)(=O)N2C=CNC(=O)[C@H]2CC(=O)NC2CCC(N)CC2)cc1. The third kappa shape index (κ3) is 4.53. The largest absolute Gasteiger partial charge is 0.353 e. The van der Waals surface area contributed by atoms with Gasteiger partial charge in [-0.15, -0.1) is 0 Å². The van der Waals surface area contributed by atoms with Crippen LogP contribution in [-0.4, -0.2) is 42.7 Å². The van der Waals surface area contributed by atoms with Crippen LogP contribution in [0.5, 0.6) is 0 Å². The molecule has 0 saturated heterocycles. The maximum absolute atomic E-state index is 13.0. The zero-order valence-electron chi connectivity index (χ0n) is 15.8. The lowest BCUT2D eigenvalue weighted by atomic mass is 9.91. The predicted molar refractivity (Wildman–Crippen MR) is 104 cm³/mol. The highest BCUT2D eigenvalue weighted by molar-refractivity contribution is 7.89. The van der Waals surface area contributed by atoms with Gasteiger partial charge in [0.2, 0.25) is 11.8 Å². The molecule has 0 aromatic heterocycles. The van der Waals surface area contributed by atoms with Crippen molar-refractivity contribution in [2.45, 2.75) is 62.0 Å². The third-order valence-corrected chi connectivity index (χ3v) is 6.97. The van der Waals surface area contributed by atoms with E-state index in [1.807, 2.05) is 6.92 Å². The number of hydrogen-bond acceptors (Lipinski definition) is 5. The van der Waals surface area contributed by atoms with Gasteiger partial charge in [0.15, 0.2) is 0 Å². The summed E-state index contributed by atoms with van der Waals surface area (Å²) in [7, 11) is -3.96. The lowest BCUT2D eigenvalue weighted by molar-refractivity contribution is -0.129. The second-order valence-electron chi connectivity index (χ2n) is 7.37. The molecule has 1 aliphatic carbocycles. The molecule has 28 heavy (non-hydrogen) atoms. The highest BCUT2D eigenvalue weighted by Gasteiger charge is 2.37. The Kier molecular flexibility index (Phi) is 6.04. The molecule has 2 aliphatic rings. The fraction of sp³-hybridized carbons (Fsp3) is 0.474. The molecule has 0 spiro atoms. The number of amides is 2. The molecule has 0 radical (unpaired) electrons. The Labute approximate surface area is 165 Å². The van der Waals surface area contributed by atoms with Gasteiger partial charge in [0.05, 0.1) is 11.3 Å². The summed E-state index contributed by atoms with van der Waals surface area (Å²) in [5.41, 5.74) is 6.80. The molecule has 1 heterocycles. The minimum atomic E-state index is -3.96. The number of hydrogen-bond donors (Lipinski definition) is 3. The first-order chi connectivity index (χ1) is 13.3. The van der Waals surface area contributed by atoms with Gasteiger partial charge in [-0.05, 0) is 44.7 Å². The van der Waals surface area contributed by atoms with Crippen LogP contribution in [0.4, 0.5) is 0 Å². The molecule has 1 atom stereocenters. The fourth-order valence-corrected chi connectivity index (χ4v) is 4.95. The quantitative estimate of drug-likeness (QED) is 0.666. The molecular formula is C19H26N4O4S. The van der Waals surface area contributed by atoms with Crippen LogP contribution in [-0.2, 0) is 19.6 Å². The van der Waals surface area contributed by atoms with E-state index in [0.717, 1.165) is 35.6 Å². The first kappa shape index (κ1) is 20.3. The number of nitrogens with two attached hydrogens (primary N) is 1. The van der Waals surface area contributed by atoms with Crippen LogP contribution in [0.2, 0.25) is 0 Å². The summed E-state index contributed by atoms with van der Waals surface area (Å²) < 4.78 is 27.0. The normalized spacial score (nSPS) is 25.3. The Morgan fingerprint density at radius 3 is 2.50 bits per heavy atom. The number of sulfonamides is 1. The Balaban J connectivity index is 1.74. The molecule has 1 aromatic rings. The number of nitrogens with one attached hydrogen (secondary N) is 2. The summed E-state index contributed by atoms with van der Waals surface area (Å²) in [6, 6.07) is 5.41. The minimum absolute atomic E-state index is 0.0108. The van der Waals surface area contributed by atoms with Gasteiger partial charge in [-0.25, -0.2) is 8.42 Å². The maximum atomic E-state index is 13.0. The zero-order valence-corrected chi connectivity index (χ0v) is 16.6. The van der Waals surface area contributed by atoms with Gasteiger partial charge in [-0.2, -0.15) is 0 Å². The number of nitrogens with zero attached hydrogens (tertiary/aromatic N) is 1. The van der Waals surface area contributed by atoms with E-state index in [9.17, 15) is 18.0 Å². The predicted octanol–water partition coefficient (Wildman–Crippen LogP) is 0.732. The van der Waals surface area contributed by atoms with Gasteiger partial charge in [0, 0.05) is 24.5 Å². The summed E-state index contributed by atoms with van der Waals surface area (Å²) in [5.74, 6) is -0.876. The molecule has 1 saturated carbocycles. The van der Waals surface area contributed by atoms with Crippen molar-refractivity contribution in [3.05, 3.63) is 42.2 Å². The summed E-state index contributed by atoms with van der Waals surface area (Å²) in [6.45, 7) is 1.86. The topological polar surface area (TPSA) is 122 Å². The van der Waals surface area contributed by atoms with Crippen LogP contribution in [0.15, 0.2) is 41.6 Å². The van der Waals surface area contributed by atoms with Crippen molar-refractivity contribution in [3.8, 4) is 0 Å². The smallest absolute Gasteiger partial charge is 0.264 e. The average molecular weight is 407 g/mol. The van der Waals surface area contributed by atoms with Crippen molar-refractivity contribution in [2.24, 2.45) is 5.73 Å². The molecule has 4 N–H and O–H groups in total.